The van der Waals surface area contributed by atoms with Crippen LogP contribution >= 0.6 is 0 Å². The first-order chi connectivity index (χ1) is 11.5. The molecule has 1 aromatic carbocycles. The minimum absolute atomic E-state index is 0.127. The first-order valence-corrected chi connectivity index (χ1v) is 7.75. The number of amides is 1. The van der Waals surface area contributed by atoms with Crippen LogP contribution in [0.3, 0.4) is 0 Å². The predicted octanol–water partition coefficient (Wildman–Crippen LogP) is 2.51. The van der Waals surface area contributed by atoms with Gasteiger partial charge in [0.05, 0.1) is 23.9 Å². The van der Waals surface area contributed by atoms with Crippen LogP contribution in [0.5, 0.6) is 0 Å². The number of nitrogens with zero attached hydrogens (tertiary/aromatic N) is 2. The number of ether oxygens (including phenoxy) is 1. The molecule has 0 aliphatic carbocycles. The Morgan fingerprint density at radius 2 is 2.08 bits per heavy atom. The fraction of sp³-hybridized carbons (Fsp3) is 0.278. The molecule has 1 aromatic heterocycles. The Labute approximate surface area is 139 Å². The van der Waals surface area contributed by atoms with Crippen molar-refractivity contribution in [1.29, 1.82) is 0 Å². The van der Waals surface area contributed by atoms with Gasteiger partial charge in [-0.1, -0.05) is 24.3 Å². The zero-order valence-corrected chi connectivity index (χ0v) is 13.5. The third-order valence-electron chi connectivity index (χ3n) is 4.12. The summed E-state index contributed by atoms with van der Waals surface area (Å²) in [5.41, 5.74) is 1.19. The summed E-state index contributed by atoms with van der Waals surface area (Å²) in [7, 11) is 1.59. The van der Waals surface area contributed by atoms with Gasteiger partial charge in [0.15, 0.2) is 5.57 Å². The lowest BCUT2D eigenvalue weighted by Crippen LogP contribution is -2.40. The number of para-hydroxylation sites is 1. The van der Waals surface area contributed by atoms with Gasteiger partial charge < -0.3 is 14.7 Å². The lowest BCUT2D eigenvalue weighted by Gasteiger charge is -2.32. The number of hydrogen-bond donors (Lipinski definition) is 1. The topological polar surface area (TPSA) is 79.7 Å². The number of carbonyl (C=O) groups is 2. The molecule has 0 saturated carbocycles. The smallest absolute Gasteiger partial charge is 0.347 e. The largest absolute Gasteiger partial charge is 0.511 e. The van der Waals surface area contributed by atoms with E-state index in [0.717, 1.165) is 10.9 Å². The van der Waals surface area contributed by atoms with Gasteiger partial charge in [0.1, 0.15) is 5.76 Å². The molecule has 1 unspecified atom stereocenters. The number of esters is 1. The summed E-state index contributed by atoms with van der Waals surface area (Å²) in [6.45, 7) is 1.79. The molecule has 1 atom stereocenters. The summed E-state index contributed by atoms with van der Waals surface area (Å²) in [6.07, 6.45) is 0.127. The van der Waals surface area contributed by atoms with Gasteiger partial charge in [-0.25, -0.2) is 4.79 Å². The molecule has 0 radical (unpaired) electrons. The van der Waals surface area contributed by atoms with Crippen LogP contribution in [0, 0.1) is 0 Å². The third-order valence-corrected chi connectivity index (χ3v) is 4.12. The van der Waals surface area contributed by atoms with Crippen molar-refractivity contribution in [3.63, 3.8) is 0 Å². The van der Waals surface area contributed by atoms with Crippen LogP contribution in [0.1, 0.15) is 25.1 Å². The normalized spacial score (nSPS) is 18.2. The summed E-state index contributed by atoms with van der Waals surface area (Å²) < 4.78 is 4.85. The number of rotatable bonds is 3. The zero-order valence-electron chi connectivity index (χ0n) is 13.5. The number of carbonyl (C=O) groups excluding carboxylic acids is 2. The highest BCUT2D eigenvalue weighted by atomic mass is 16.5. The van der Waals surface area contributed by atoms with Crippen LogP contribution in [0.15, 0.2) is 47.7 Å². The predicted molar refractivity (Wildman–Crippen MR) is 88.2 cm³/mol. The Balaban J connectivity index is 1.97. The van der Waals surface area contributed by atoms with Crippen molar-refractivity contribution in [2.45, 2.75) is 19.4 Å². The van der Waals surface area contributed by atoms with Gasteiger partial charge in [-0.3, -0.25) is 9.78 Å². The summed E-state index contributed by atoms with van der Waals surface area (Å²) in [5.74, 6) is -1.61. The Morgan fingerprint density at radius 1 is 1.33 bits per heavy atom. The molecule has 0 spiro atoms. The molecule has 6 heteroatoms. The fourth-order valence-electron chi connectivity index (χ4n) is 2.84. The molecule has 124 valence electrons. The molecule has 24 heavy (non-hydrogen) atoms. The first kappa shape index (κ1) is 16.0. The van der Waals surface area contributed by atoms with Gasteiger partial charge >= 0.3 is 5.97 Å². The van der Waals surface area contributed by atoms with E-state index in [-0.39, 0.29) is 24.4 Å². The summed E-state index contributed by atoms with van der Waals surface area (Å²) in [5, 5.41) is 11.2. The minimum Gasteiger partial charge on any atom is -0.511 e. The number of aliphatic hydroxyl groups excluding tert-OH is 1. The van der Waals surface area contributed by atoms with Crippen molar-refractivity contribution in [2.75, 3.05) is 13.7 Å². The SMILES string of the molecule is CCOC(=O)C1=C(O)CC(c2ccc3ccccc3n2)N(C)C1=O. The van der Waals surface area contributed by atoms with Gasteiger partial charge in [-0.05, 0) is 19.1 Å². The van der Waals surface area contributed by atoms with Gasteiger partial charge in [-0.15, -0.1) is 0 Å². The van der Waals surface area contributed by atoms with Crippen LogP contribution in [-0.4, -0.2) is 40.5 Å². The lowest BCUT2D eigenvalue weighted by molar-refractivity contribution is -0.143. The number of fused-ring (bicyclic) bond motifs is 1. The highest BCUT2D eigenvalue weighted by Crippen LogP contribution is 2.33. The Kier molecular flexibility index (Phi) is 4.20. The number of pyridine rings is 1. The molecule has 2 heterocycles. The first-order valence-electron chi connectivity index (χ1n) is 7.75. The third kappa shape index (κ3) is 2.71. The lowest BCUT2D eigenvalue weighted by atomic mass is 9.97. The van der Waals surface area contributed by atoms with Gasteiger partial charge in [0.2, 0.25) is 0 Å². The van der Waals surface area contributed by atoms with Crippen molar-refractivity contribution >= 4 is 22.8 Å². The fourth-order valence-corrected chi connectivity index (χ4v) is 2.84. The van der Waals surface area contributed by atoms with E-state index in [2.05, 4.69) is 4.98 Å². The summed E-state index contributed by atoms with van der Waals surface area (Å²) in [4.78, 5) is 30.4. The second-order valence-electron chi connectivity index (χ2n) is 5.61. The van der Waals surface area contributed by atoms with E-state index in [1.54, 1.807) is 14.0 Å². The highest BCUT2D eigenvalue weighted by Gasteiger charge is 2.37. The van der Waals surface area contributed by atoms with Crippen LogP contribution in [0.25, 0.3) is 10.9 Å². The molecule has 3 rings (SSSR count). The van der Waals surface area contributed by atoms with Crippen molar-refractivity contribution in [3.05, 3.63) is 53.4 Å². The van der Waals surface area contributed by atoms with Gasteiger partial charge in [0, 0.05) is 18.9 Å². The Hall–Kier alpha value is -2.89. The van der Waals surface area contributed by atoms with Crippen molar-refractivity contribution in [1.82, 2.24) is 9.88 Å². The van der Waals surface area contributed by atoms with Gasteiger partial charge in [-0.2, -0.15) is 0 Å². The van der Waals surface area contributed by atoms with Crippen LogP contribution < -0.4 is 0 Å². The molecule has 1 amide bonds. The molecular formula is C18H18N2O4. The van der Waals surface area contributed by atoms with E-state index >= 15 is 0 Å². The standard InChI is InChI=1S/C18H18N2O4/c1-3-24-18(23)16-15(21)10-14(20(2)17(16)22)13-9-8-11-6-4-5-7-12(11)19-13/h4-9,14,21H,3,10H2,1-2H3. The van der Waals surface area contributed by atoms with E-state index in [0.29, 0.717) is 5.69 Å². The number of likely N-dealkylation sites (N-methyl/N-ethyl adjacent to an activating group) is 1. The van der Waals surface area contributed by atoms with Crippen molar-refractivity contribution < 1.29 is 19.4 Å². The molecule has 2 aromatic rings. The van der Waals surface area contributed by atoms with Crippen LogP contribution in [-0.2, 0) is 14.3 Å². The maximum atomic E-state index is 12.5. The molecule has 6 nitrogen and oxygen atoms in total. The summed E-state index contributed by atoms with van der Waals surface area (Å²) >= 11 is 0. The molecule has 0 fully saturated rings. The zero-order chi connectivity index (χ0) is 17.3. The van der Waals surface area contributed by atoms with Crippen molar-refractivity contribution in [3.8, 4) is 0 Å². The second-order valence-corrected chi connectivity index (χ2v) is 5.61. The quantitative estimate of drug-likeness (QED) is 0.692. The van der Waals surface area contributed by atoms with Gasteiger partial charge in [0.25, 0.3) is 5.91 Å². The van der Waals surface area contributed by atoms with E-state index in [1.807, 2.05) is 36.4 Å². The number of hydrogen-bond acceptors (Lipinski definition) is 5. The van der Waals surface area contributed by atoms with E-state index < -0.39 is 17.9 Å². The molecule has 1 aliphatic rings. The average Bonchev–Trinajstić information content (AvgIpc) is 2.58. The van der Waals surface area contributed by atoms with E-state index in [4.69, 9.17) is 4.74 Å². The van der Waals surface area contributed by atoms with Crippen LogP contribution in [0.4, 0.5) is 0 Å². The maximum absolute atomic E-state index is 12.5. The van der Waals surface area contributed by atoms with E-state index in [1.165, 1.54) is 4.90 Å². The second kappa shape index (κ2) is 6.31. The Bertz CT molecular complexity index is 844. The molecule has 1 N–H and O–H groups in total. The number of benzene rings is 1. The highest BCUT2D eigenvalue weighted by molar-refractivity contribution is 6.17. The molecule has 1 aliphatic heterocycles. The van der Waals surface area contributed by atoms with Crippen LogP contribution in [0.2, 0.25) is 0 Å². The Morgan fingerprint density at radius 3 is 2.83 bits per heavy atom. The van der Waals surface area contributed by atoms with E-state index in [9.17, 15) is 14.7 Å². The minimum atomic E-state index is -0.795. The number of aliphatic hydroxyl groups is 1. The summed E-state index contributed by atoms with van der Waals surface area (Å²) in [6, 6.07) is 11.0. The van der Waals surface area contributed by atoms with Crippen molar-refractivity contribution in [2.24, 2.45) is 0 Å². The average molecular weight is 326 g/mol. The monoisotopic (exact) mass is 326 g/mol. The molecule has 0 saturated heterocycles. The maximum Gasteiger partial charge on any atom is 0.347 e. The number of aromatic nitrogens is 1. The molecule has 0 bridgehead atoms. The molecular weight excluding hydrogens is 308 g/mol.